The minimum Gasteiger partial charge on any atom is -0.0811 e. The van der Waals surface area contributed by atoms with Crippen molar-refractivity contribution in [3.63, 3.8) is 0 Å². The van der Waals surface area contributed by atoms with Crippen LogP contribution >= 0.6 is 7.92 Å². The number of hydrogen-bond donors (Lipinski definition) is 0. The Morgan fingerprint density at radius 1 is 0.609 bits per heavy atom. The van der Waals surface area contributed by atoms with Crippen molar-refractivity contribution in [2.75, 3.05) is 12.3 Å². The van der Waals surface area contributed by atoms with Crippen molar-refractivity contribution in [2.45, 2.75) is 118 Å². The summed E-state index contributed by atoms with van der Waals surface area (Å²) in [7, 11) is 0.182. The van der Waals surface area contributed by atoms with Crippen LogP contribution in [0.2, 0.25) is 0 Å². The molecule has 0 heterocycles. The van der Waals surface area contributed by atoms with Crippen molar-refractivity contribution >= 4 is 7.92 Å². The Kier molecular flexibility index (Phi) is 18.6. The molecule has 0 atom stereocenters. The smallest absolute Gasteiger partial charge is 0.0289 e. The third kappa shape index (κ3) is 14.2. The first-order valence-corrected chi connectivity index (χ1v) is 12.4. The van der Waals surface area contributed by atoms with E-state index in [9.17, 15) is 0 Å². The van der Waals surface area contributed by atoms with Gasteiger partial charge in [0.15, 0.2) is 0 Å². The summed E-state index contributed by atoms with van der Waals surface area (Å²) in [5.41, 5.74) is 0. The normalized spacial score (nSPS) is 12.3. The molecule has 138 valence electrons. The van der Waals surface area contributed by atoms with Gasteiger partial charge in [-0.25, -0.2) is 0 Å². The molecule has 1 heteroatoms. The minimum atomic E-state index is 0.182. The fraction of sp³-hybridized carbons (Fsp3) is 0.909. The Hall–Kier alpha value is 0.170. The van der Waals surface area contributed by atoms with E-state index in [0.29, 0.717) is 0 Å². The molecule has 0 radical (unpaired) electrons. The lowest BCUT2D eigenvalue weighted by Crippen LogP contribution is -1.95. The monoisotopic (exact) mass is 340 g/mol. The van der Waals surface area contributed by atoms with E-state index >= 15 is 0 Å². The second-order valence-electron chi connectivity index (χ2n) is 6.98. The highest BCUT2D eigenvalue weighted by Gasteiger charge is 2.11. The van der Waals surface area contributed by atoms with E-state index in [1.807, 2.05) is 5.31 Å². The van der Waals surface area contributed by atoms with Gasteiger partial charge in [-0.15, -0.1) is 0 Å². The first kappa shape index (κ1) is 23.2. The average molecular weight is 341 g/mol. The second kappa shape index (κ2) is 18.5. The van der Waals surface area contributed by atoms with E-state index in [0.717, 1.165) is 0 Å². The van der Waals surface area contributed by atoms with Crippen LogP contribution in [0.1, 0.15) is 118 Å². The van der Waals surface area contributed by atoms with Gasteiger partial charge < -0.3 is 0 Å². The summed E-state index contributed by atoms with van der Waals surface area (Å²) in [5.74, 6) is 0. The molecule has 0 aliphatic carbocycles. The first-order valence-electron chi connectivity index (χ1n) is 10.7. The number of rotatable bonds is 17. The first-order chi connectivity index (χ1) is 11.3. The molecule has 0 N–H and O–H groups in total. The van der Waals surface area contributed by atoms with Gasteiger partial charge >= 0.3 is 0 Å². The van der Waals surface area contributed by atoms with Gasteiger partial charge in [0.2, 0.25) is 0 Å². The summed E-state index contributed by atoms with van der Waals surface area (Å²) < 4.78 is 0. The zero-order valence-electron chi connectivity index (χ0n) is 16.8. The molecular weight excluding hydrogens is 295 g/mol. The van der Waals surface area contributed by atoms with Gasteiger partial charge in [-0.1, -0.05) is 111 Å². The summed E-state index contributed by atoms with van der Waals surface area (Å²) in [6, 6.07) is 0. The lowest BCUT2D eigenvalue weighted by molar-refractivity contribution is 0.622. The van der Waals surface area contributed by atoms with Crippen molar-refractivity contribution in [1.29, 1.82) is 0 Å². The maximum Gasteiger partial charge on any atom is -0.0289 e. The highest BCUT2D eigenvalue weighted by molar-refractivity contribution is 7.62. The number of unbranched alkanes of at least 4 members (excludes halogenated alkanes) is 10. The molecule has 0 saturated carbocycles. The van der Waals surface area contributed by atoms with Crippen LogP contribution in [0.25, 0.3) is 0 Å². The fourth-order valence-electron chi connectivity index (χ4n) is 3.30. The summed E-state index contributed by atoms with van der Waals surface area (Å²) in [6.07, 6.45) is 25.4. The molecule has 0 aromatic heterocycles. The molecule has 0 aliphatic rings. The molecule has 0 aromatic rings. The standard InChI is InChI=1S/C22H45P/c1-5-9-11-13-15-17-20-23(22(8-4)19-7-3)21-18-16-14-12-10-6-2/h19H,5-18,20-21H2,1-4H3. The summed E-state index contributed by atoms with van der Waals surface area (Å²) >= 11 is 0. The minimum absolute atomic E-state index is 0.182. The maximum atomic E-state index is 2.56. The highest BCUT2D eigenvalue weighted by atomic mass is 31.1. The van der Waals surface area contributed by atoms with Gasteiger partial charge in [0.05, 0.1) is 0 Å². The molecule has 0 aromatic carbocycles. The van der Waals surface area contributed by atoms with Gasteiger partial charge in [-0.05, 0) is 38.0 Å². The molecule has 0 aliphatic heterocycles. The third-order valence-electron chi connectivity index (χ3n) is 4.77. The quantitative estimate of drug-likeness (QED) is 0.183. The number of allylic oxidation sites excluding steroid dienone is 2. The Bertz CT molecular complexity index is 241. The lowest BCUT2D eigenvalue weighted by Gasteiger charge is -2.21. The molecule has 0 fully saturated rings. The Morgan fingerprint density at radius 2 is 1.04 bits per heavy atom. The van der Waals surface area contributed by atoms with Crippen LogP contribution in [-0.4, -0.2) is 12.3 Å². The van der Waals surface area contributed by atoms with Crippen molar-refractivity contribution in [3.8, 4) is 0 Å². The second-order valence-corrected chi connectivity index (χ2v) is 9.53. The largest absolute Gasteiger partial charge is 0.0811 e. The van der Waals surface area contributed by atoms with Gasteiger partial charge in [-0.2, -0.15) is 0 Å². The van der Waals surface area contributed by atoms with Crippen LogP contribution < -0.4 is 0 Å². The predicted molar refractivity (Wildman–Crippen MR) is 112 cm³/mol. The molecule has 0 nitrogen and oxygen atoms in total. The van der Waals surface area contributed by atoms with Crippen molar-refractivity contribution in [1.82, 2.24) is 0 Å². The van der Waals surface area contributed by atoms with Crippen LogP contribution in [0.5, 0.6) is 0 Å². The summed E-state index contributed by atoms with van der Waals surface area (Å²) in [5, 5.41) is 1.82. The van der Waals surface area contributed by atoms with Crippen LogP contribution in [0.15, 0.2) is 11.4 Å². The van der Waals surface area contributed by atoms with E-state index in [2.05, 4.69) is 33.8 Å². The zero-order valence-corrected chi connectivity index (χ0v) is 17.7. The summed E-state index contributed by atoms with van der Waals surface area (Å²) in [6.45, 7) is 9.30. The van der Waals surface area contributed by atoms with Gasteiger partial charge in [-0.3, -0.25) is 0 Å². The molecule has 0 amide bonds. The van der Waals surface area contributed by atoms with Crippen molar-refractivity contribution < 1.29 is 0 Å². The molecule has 0 saturated heterocycles. The zero-order chi connectivity index (χ0) is 17.2. The molecule has 23 heavy (non-hydrogen) atoms. The molecule has 0 unspecified atom stereocenters. The van der Waals surface area contributed by atoms with E-state index in [1.54, 1.807) is 0 Å². The van der Waals surface area contributed by atoms with E-state index < -0.39 is 0 Å². The van der Waals surface area contributed by atoms with Crippen LogP contribution in [-0.2, 0) is 0 Å². The molecule has 0 rings (SSSR count). The topological polar surface area (TPSA) is 0 Å². The van der Waals surface area contributed by atoms with Crippen LogP contribution in [0, 0.1) is 0 Å². The van der Waals surface area contributed by atoms with E-state index in [-0.39, 0.29) is 7.92 Å². The average Bonchev–Trinajstić information content (AvgIpc) is 2.57. The van der Waals surface area contributed by atoms with E-state index in [4.69, 9.17) is 0 Å². The highest BCUT2D eigenvalue weighted by Crippen LogP contribution is 2.48. The van der Waals surface area contributed by atoms with Gasteiger partial charge in [0, 0.05) is 0 Å². The fourth-order valence-corrected chi connectivity index (χ4v) is 6.19. The number of hydrogen-bond acceptors (Lipinski definition) is 0. The SMILES string of the molecule is CCC=C(CC)P(CCCCCCCC)CCCCCCCC. The molecule has 0 bridgehead atoms. The predicted octanol–water partition coefficient (Wildman–Crippen LogP) is 8.89. The Morgan fingerprint density at radius 3 is 1.43 bits per heavy atom. The van der Waals surface area contributed by atoms with Crippen molar-refractivity contribution in [2.24, 2.45) is 0 Å². The Balaban J connectivity index is 4.06. The maximum absolute atomic E-state index is 2.56. The van der Waals surface area contributed by atoms with Crippen LogP contribution in [0.4, 0.5) is 0 Å². The van der Waals surface area contributed by atoms with Gasteiger partial charge in [0.1, 0.15) is 0 Å². The van der Waals surface area contributed by atoms with Gasteiger partial charge in [0.25, 0.3) is 0 Å². The molecule has 0 spiro atoms. The summed E-state index contributed by atoms with van der Waals surface area (Å²) in [4.78, 5) is 0. The van der Waals surface area contributed by atoms with Crippen LogP contribution in [0.3, 0.4) is 0 Å². The van der Waals surface area contributed by atoms with Crippen molar-refractivity contribution in [3.05, 3.63) is 11.4 Å². The Labute approximate surface area is 149 Å². The van der Waals surface area contributed by atoms with E-state index in [1.165, 1.54) is 102 Å². The lowest BCUT2D eigenvalue weighted by atomic mass is 10.1. The molecular formula is C22H45P. The third-order valence-corrected chi connectivity index (χ3v) is 7.79.